The van der Waals surface area contributed by atoms with Gasteiger partial charge in [0.25, 0.3) is 0 Å². The minimum atomic E-state index is 0.763. The third-order valence-corrected chi connectivity index (χ3v) is 3.89. The number of unbranched alkanes of at least 4 members (excludes halogenated alkanes) is 4. The molecule has 2 N–H and O–H groups in total. The maximum atomic E-state index is 5.47. The molecule has 0 heterocycles. The van der Waals surface area contributed by atoms with Crippen molar-refractivity contribution in [3.8, 4) is 0 Å². The summed E-state index contributed by atoms with van der Waals surface area (Å²) in [5.74, 6) is 1.26. The molecule has 0 saturated carbocycles. The van der Waals surface area contributed by atoms with E-state index in [0.29, 0.717) is 0 Å². The Morgan fingerprint density at radius 3 is 2.31 bits per heavy atom. The Morgan fingerprint density at radius 2 is 1.75 bits per heavy atom. The van der Waals surface area contributed by atoms with E-state index < -0.39 is 0 Å². The highest BCUT2D eigenvalue weighted by Gasteiger charge is 2.10. The molecule has 0 spiro atoms. The minimum Gasteiger partial charge on any atom is -0.330 e. The fraction of sp³-hybridized carbons (Fsp3) is 1.00. The zero-order valence-corrected chi connectivity index (χ0v) is 12.2. The van der Waals surface area contributed by atoms with Crippen LogP contribution in [0.4, 0.5) is 0 Å². The van der Waals surface area contributed by atoms with E-state index in [-0.39, 0.29) is 0 Å². The highest BCUT2D eigenvalue weighted by atomic mass is 32.2. The summed E-state index contributed by atoms with van der Waals surface area (Å²) in [6.07, 6.45) is 10.0. The molecular formula is C13H30N2S. The summed E-state index contributed by atoms with van der Waals surface area (Å²) in [6, 6.07) is 0.763. The summed E-state index contributed by atoms with van der Waals surface area (Å²) in [5, 5.41) is 0. The summed E-state index contributed by atoms with van der Waals surface area (Å²) < 4.78 is 0. The van der Waals surface area contributed by atoms with Crippen molar-refractivity contribution >= 4 is 11.8 Å². The van der Waals surface area contributed by atoms with Gasteiger partial charge in [-0.2, -0.15) is 11.8 Å². The molecule has 16 heavy (non-hydrogen) atoms. The van der Waals surface area contributed by atoms with E-state index in [1.807, 2.05) is 11.8 Å². The van der Waals surface area contributed by atoms with Gasteiger partial charge < -0.3 is 10.6 Å². The quantitative estimate of drug-likeness (QED) is 0.568. The molecule has 0 aliphatic heterocycles. The van der Waals surface area contributed by atoms with Crippen molar-refractivity contribution in [2.45, 2.75) is 51.5 Å². The summed E-state index contributed by atoms with van der Waals surface area (Å²) >= 11 is 1.96. The third kappa shape index (κ3) is 8.43. The Bertz CT molecular complexity index is 142. The first-order valence-corrected chi connectivity index (χ1v) is 8.04. The normalized spacial score (nSPS) is 13.3. The van der Waals surface area contributed by atoms with Gasteiger partial charge >= 0.3 is 0 Å². The first kappa shape index (κ1) is 16.3. The molecule has 2 nitrogen and oxygen atoms in total. The van der Waals surface area contributed by atoms with Crippen LogP contribution in [0.1, 0.15) is 45.4 Å². The zero-order chi connectivity index (χ0) is 12.2. The molecule has 0 bridgehead atoms. The second-order valence-electron chi connectivity index (χ2n) is 4.55. The smallest absolute Gasteiger partial charge is 0.0180 e. The van der Waals surface area contributed by atoms with Crippen LogP contribution < -0.4 is 5.73 Å². The molecule has 98 valence electrons. The Balaban J connectivity index is 3.43. The van der Waals surface area contributed by atoms with E-state index in [4.69, 9.17) is 5.73 Å². The van der Waals surface area contributed by atoms with Crippen LogP contribution in [0.5, 0.6) is 0 Å². The van der Waals surface area contributed by atoms with E-state index in [9.17, 15) is 0 Å². The molecule has 0 rings (SSSR count). The molecule has 0 aromatic carbocycles. The van der Waals surface area contributed by atoms with Crippen LogP contribution in [0.15, 0.2) is 0 Å². The van der Waals surface area contributed by atoms with Crippen LogP contribution in [0.2, 0.25) is 0 Å². The van der Waals surface area contributed by atoms with Gasteiger partial charge in [0.05, 0.1) is 0 Å². The number of hydrogen-bond donors (Lipinski definition) is 1. The average Bonchev–Trinajstić information content (AvgIpc) is 2.30. The fourth-order valence-corrected chi connectivity index (χ4v) is 2.84. The van der Waals surface area contributed by atoms with E-state index in [2.05, 4.69) is 25.1 Å². The lowest BCUT2D eigenvalue weighted by Gasteiger charge is -2.26. The van der Waals surface area contributed by atoms with Crippen molar-refractivity contribution in [2.24, 2.45) is 5.73 Å². The minimum absolute atomic E-state index is 0.763. The Morgan fingerprint density at radius 1 is 1.12 bits per heavy atom. The molecule has 0 aromatic rings. The van der Waals surface area contributed by atoms with Crippen LogP contribution in [0.3, 0.4) is 0 Å². The van der Waals surface area contributed by atoms with Crippen LogP contribution in [-0.4, -0.2) is 43.1 Å². The van der Waals surface area contributed by atoms with Gasteiger partial charge in [-0.25, -0.2) is 0 Å². The summed E-state index contributed by atoms with van der Waals surface area (Å²) in [6.45, 7) is 4.39. The van der Waals surface area contributed by atoms with Crippen molar-refractivity contribution in [3.05, 3.63) is 0 Å². The maximum absolute atomic E-state index is 5.47. The van der Waals surface area contributed by atoms with Gasteiger partial charge in [0.15, 0.2) is 0 Å². The van der Waals surface area contributed by atoms with Crippen molar-refractivity contribution in [2.75, 3.05) is 32.1 Å². The standard InChI is InChI=1S/C13H30N2S/c1-4-13(12-16-3)15(2)11-9-7-5-6-8-10-14/h13H,4-12,14H2,1-3H3. The number of nitrogens with zero attached hydrogens (tertiary/aromatic N) is 1. The van der Waals surface area contributed by atoms with Gasteiger partial charge in [0.2, 0.25) is 0 Å². The van der Waals surface area contributed by atoms with E-state index in [1.165, 1.54) is 50.8 Å². The topological polar surface area (TPSA) is 29.3 Å². The maximum Gasteiger partial charge on any atom is 0.0180 e. The first-order chi connectivity index (χ1) is 7.76. The predicted molar refractivity (Wildman–Crippen MR) is 77.2 cm³/mol. The molecule has 0 aromatic heterocycles. The van der Waals surface area contributed by atoms with Crippen molar-refractivity contribution in [1.29, 1.82) is 0 Å². The summed E-state index contributed by atoms with van der Waals surface area (Å²) in [7, 11) is 2.27. The summed E-state index contributed by atoms with van der Waals surface area (Å²) in [5.41, 5.74) is 5.47. The Labute approximate surface area is 106 Å². The van der Waals surface area contributed by atoms with Crippen LogP contribution in [-0.2, 0) is 0 Å². The lowest BCUT2D eigenvalue weighted by molar-refractivity contribution is 0.250. The number of nitrogens with two attached hydrogens (primary N) is 1. The molecule has 0 fully saturated rings. The third-order valence-electron chi connectivity index (χ3n) is 3.17. The Kier molecular flexibility index (Phi) is 11.9. The van der Waals surface area contributed by atoms with Gasteiger partial charge in [-0.3, -0.25) is 0 Å². The highest BCUT2D eigenvalue weighted by Crippen LogP contribution is 2.10. The highest BCUT2D eigenvalue weighted by molar-refractivity contribution is 7.98. The average molecular weight is 246 g/mol. The van der Waals surface area contributed by atoms with Gasteiger partial charge in [-0.1, -0.05) is 26.2 Å². The molecule has 0 aliphatic carbocycles. The number of hydrogen-bond acceptors (Lipinski definition) is 3. The molecule has 3 heteroatoms. The molecule has 1 atom stereocenters. The van der Waals surface area contributed by atoms with Crippen LogP contribution >= 0.6 is 11.8 Å². The largest absolute Gasteiger partial charge is 0.330 e. The molecule has 0 saturated heterocycles. The van der Waals surface area contributed by atoms with Crippen molar-refractivity contribution in [3.63, 3.8) is 0 Å². The zero-order valence-electron chi connectivity index (χ0n) is 11.4. The van der Waals surface area contributed by atoms with Gasteiger partial charge in [-0.05, 0) is 45.7 Å². The van der Waals surface area contributed by atoms with Gasteiger partial charge in [0, 0.05) is 11.8 Å². The van der Waals surface area contributed by atoms with Crippen molar-refractivity contribution in [1.82, 2.24) is 4.90 Å². The lowest BCUT2D eigenvalue weighted by Crippen LogP contribution is -2.33. The first-order valence-electron chi connectivity index (χ1n) is 6.65. The van der Waals surface area contributed by atoms with E-state index in [1.54, 1.807) is 0 Å². The monoisotopic (exact) mass is 246 g/mol. The molecular weight excluding hydrogens is 216 g/mol. The Hall–Kier alpha value is 0.270. The van der Waals surface area contributed by atoms with Gasteiger partial charge in [-0.15, -0.1) is 0 Å². The second kappa shape index (κ2) is 11.7. The summed E-state index contributed by atoms with van der Waals surface area (Å²) in [4.78, 5) is 2.53. The number of rotatable bonds is 11. The SMILES string of the molecule is CCC(CSC)N(C)CCCCCCCN. The predicted octanol–water partition coefficient (Wildman–Crippen LogP) is 2.97. The van der Waals surface area contributed by atoms with E-state index >= 15 is 0 Å². The second-order valence-corrected chi connectivity index (χ2v) is 5.47. The fourth-order valence-electron chi connectivity index (χ4n) is 1.97. The van der Waals surface area contributed by atoms with Crippen molar-refractivity contribution < 1.29 is 0 Å². The van der Waals surface area contributed by atoms with Gasteiger partial charge in [0.1, 0.15) is 0 Å². The molecule has 1 unspecified atom stereocenters. The molecule has 0 aliphatic rings. The van der Waals surface area contributed by atoms with Crippen LogP contribution in [0, 0.1) is 0 Å². The number of thioether (sulfide) groups is 1. The molecule has 0 radical (unpaired) electrons. The van der Waals surface area contributed by atoms with Crippen LogP contribution in [0.25, 0.3) is 0 Å². The van der Waals surface area contributed by atoms with E-state index in [0.717, 1.165) is 12.6 Å². The lowest BCUT2D eigenvalue weighted by atomic mass is 10.1. The molecule has 0 amide bonds.